The van der Waals surface area contributed by atoms with E-state index in [1.165, 1.54) is 24.9 Å². The lowest BCUT2D eigenvalue weighted by atomic mass is 10.1. The smallest absolute Gasteiger partial charge is 0.338 e. The van der Waals surface area contributed by atoms with E-state index in [0.717, 1.165) is 10.5 Å². The molecule has 0 amide bonds. The van der Waals surface area contributed by atoms with E-state index in [1.807, 2.05) is 6.92 Å². The van der Waals surface area contributed by atoms with Crippen LogP contribution in [0.15, 0.2) is 21.9 Å². The van der Waals surface area contributed by atoms with E-state index in [9.17, 15) is 13.2 Å². The van der Waals surface area contributed by atoms with Crippen molar-refractivity contribution in [3.8, 4) is 0 Å². The van der Waals surface area contributed by atoms with Crippen molar-refractivity contribution in [2.45, 2.75) is 41.7 Å². The molecule has 0 bridgehead atoms. The molecule has 0 N–H and O–H groups in total. The van der Waals surface area contributed by atoms with E-state index in [0.29, 0.717) is 17.7 Å². The van der Waals surface area contributed by atoms with Crippen LogP contribution in [-0.4, -0.2) is 32.0 Å². The first-order chi connectivity index (χ1) is 9.24. The van der Waals surface area contributed by atoms with Crippen LogP contribution in [0.4, 0.5) is 0 Å². The molecule has 0 saturated heterocycles. The van der Waals surface area contributed by atoms with Gasteiger partial charge in [0, 0.05) is 10.6 Å². The molecule has 1 aliphatic heterocycles. The van der Waals surface area contributed by atoms with Gasteiger partial charge in [0.15, 0.2) is 9.84 Å². The van der Waals surface area contributed by atoms with Gasteiger partial charge in [-0.2, -0.15) is 0 Å². The Kier molecular flexibility index (Phi) is 3.90. The summed E-state index contributed by atoms with van der Waals surface area (Å²) in [5, 5.41) is 0. The Labute approximate surface area is 123 Å². The second-order valence-corrected chi connectivity index (χ2v) is 8.92. The van der Waals surface area contributed by atoms with E-state index in [2.05, 4.69) is 0 Å². The first-order valence-electron chi connectivity index (χ1n) is 6.37. The van der Waals surface area contributed by atoms with Crippen LogP contribution in [-0.2, 0) is 21.0 Å². The average molecular weight is 314 g/mol. The molecule has 0 saturated carbocycles. The number of rotatable bonds is 2. The van der Waals surface area contributed by atoms with E-state index < -0.39 is 20.6 Å². The van der Waals surface area contributed by atoms with E-state index in [-0.39, 0.29) is 4.90 Å². The number of aryl methyl sites for hydroxylation is 1. The van der Waals surface area contributed by atoms with Crippen molar-refractivity contribution in [1.82, 2.24) is 0 Å². The quantitative estimate of drug-likeness (QED) is 0.786. The van der Waals surface area contributed by atoms with E-state index >= 15 is 0 Å². The van der Waals surface area contributed by atoms with Gasteiger partial charge in [0.05, 0.1) is 22.3 Å². The van der Waals surface area contributed by atoms with Crippen molar-refractivity contribution >= 4 is 27.6 Å². The van der Waals surface area contributed by atoms with Gasteiger partial charge in [-0.15, -0.1) is 11.8 Å². The molecule has 1 aliphatic rings. The van der Waals surface area contributed by atoms with Crippen LogP contribution in [0.25, 0.3) is 0 Å². The summed E-state index contributed by atoms with van der Waals surface area (Å²) in [6.45, 7) is 5.35. The largest absolute Gasteiger partial charge is 0.465 e. The van der Waals surface area contributed by atoms with Gasteiger partial charge in [0.2, 0.25) is 0 Å². The standard InChI is InChI=1S/C14H18O4S2/c1-5-9-6-11-12(7-10(9)13(15)18-4)20(16,17)14(2,3)8-19-11/h6-7H,5,8H2,1-4H3. The molecule has 0 fully saturated rings. The van der Waals surface area contributed by atoms with Gasteiger partial charge in [-0.3, -0.25) is 0 Å². The molecule has 4 nitrogen and oxygen atoms in total. The average Bonchev–Trinajstić information content (AvgIpc) is 2.41. The predicted octanol–water partition coefficient (Wildman–Crippen LogP) is 2.69. The predicted molar refractivity (Wildman–Crippen MR) is 79.1 cm³/mol. The van der Waals surface area contributed by atoms with Gasteiger partial charge >= 0.3 is 5.97 Å². The third-order valence-corrected chi connectivity index (χ3v) is 7.89. The lowest BCUT2D eigenvalue weighted by Crippen LogP contribution is -2.37. The van der Waals surface area contributed by atoms with Crippen LogP contribution in [0.2, 0.25) is 0 Å². The highest BCUT2D eigenvalue weighted by molar-refractivity contribution is 8.03. The van der Waals surface area contributed by atoms with Crippen molar-refractivity contribution in [1.29, 1.82) is 0 Å². The SMILES string of the molecule is CCc1cc2c(cc1C(=O)OC)S(=O)(=O)C(C)(C)CS2. The monoisotopic (exact) mass is 314 g/mol. The van der Waals surface area contributed by atoms with Crippen molar-refractivity contribution in [2.24, 2.45) is 0 Å². The molecule has 1 heterocycles. The Morgan fingerprint density at radius 2 is 2.05 bits per heavy atom. The summed E-state index contributed by atoms with van der Waals surface area (Å²) in [5.41, 5.74) is 1.16. The number of carbonyl (C=O) groups is 1. The molecular formula is C14H18O4S2. The number of esters is 1. The Morgan fingerprint density at radius 1 is 1.40 bits per heavy atom. The number of benzene rings is 1. The van der Waals surface area contributed by atoms with E-state index in [4.69, 9.17) is 4.74 Å². The van der Waals surface area contributed by atoms with Crippen LogP contribution in [0, 0.1) is 0 Å². The second-order valence-electron chi connectivity index (χ2n) is 5.35. The van der Waals surface area contributed by atoms with Gasteiger partial charge in [-0.25, -0.2) is 13.2 Å². The van der Waals surface area contributed by atoms with Gasteiger partial charge in [0.25, 0.3) is 0 Å². The minimum absolute atomic E-state index is 0.247. The minimum Gasteiger partial charge on any atom is -0.465 e. The molecule has 0 aliphatic carbocycles. The van der Waals surface area contributed by atoms with Crippen molar-refractivity contribution in [3.63, 3.8) is 0 Å². The highest BCUT2D eigenvalue weighted by Crippen LogP contribution is 2.43. The molecular weight excluding hydrogens is 296 g/mol. The number of ether oxygens (including phenoxy) is 1. The van der Waals surface area contributed by atoms with Gasteiger partial charge in [-0.05, 0) is 38.0 Å². The fraction of sp³-hybridized carbons (Fsp3) is 0.500. The summed E-state index contributed by atoms with van der Waals surface area (Å²) in [6.07, 6.45) is 0.654. The van der Waals surface area contributed by atoms with Gasteiger partial charge in [-0.1, -0.05) is 6.92 Å². The Morgan fingerprint density at radius 3 is 2.60 bits per heavy atom. The maximum absolute atomic E-state index is 12.6. The molecule has 0 unspecified atom stereocenters. The molecule has 20 heavy (non-hydrogen) atoms. The molecule has 2 rings (SSSR count). The minimum atomic E-state index is -3.44. The van der Waals surface area contributed by atoms with Crippen LogP contribution in [0.1, 0.15) is 36.7 Å². The topological polar surface area (TPSA) is 60.4 Å². The number of fused-ring (bicyclic) bond motifs is 1. The van der Waals surface area contributed by atoms with Crippen molar-refractivity contribution in [3.05, 3.63) is 23.3 Å². The Hall–Kier alpha value is -1.01. The van der Waals surface area contributed by atoms with Gasteiger partial charge < -0.3 is 4.74 Å². The number of carbonyl (C=O) groups excluding carboxylic acids is 1. The first-order valence-corrected chi connectivity index (χ1v) is 8.84. The Balaban J connectivity index is 2.72. The number of methoxy groups -OCH3 is 1. The normalized spacial score (nSPS) is 19.2. The van der Waals surface area contributed by atoms with Gasteiger partial charge in [0.1, 0.15) is 0 Å². The number of hydrogen-bond acceptors (Lipinski definition) is 5. The fourth-order valence-electron chi connectivity index (χ4n) is 2.14. The molecule has 0 spiro atoms. The first kappa shape index (κ1) is 15.4. The lowest BCUT2D eigenvalue weighted by molar-refractivity contribution is 0.0599. The summed E-state index contributed by atoms with van der Waals surface area (Å²) in [5.74, 6) is 0.0245. The fourth-order valence-corrected chi connectivity index (χ4v) is 5.57. The zero-order chi connectivity index (χ0) is 15.1. The second kappa shape index (κ2) is 5.07. The van der Waals surface area contributed by atoms with Crippen molar-refractivity contribution in [2.75, 3.05) is 12.9 Å². The van der Waals surface area contributed by atoms with Crippen LogP contribution >= 0.6 is 11.8 Å². The highest BCUT2D eigenvalue weighted by Gasteiger charge is 2.41. The summed E-state index contributed by atoms with van der Waals surface area (Å²) >= 11 is 1.52. The lowest BCUT2D eigenvalue weighted by Gasteiger charge is -2.31. The molecule has 0 atom stereocenters. The zero-order valence-corrected chi connectivity index (χ0v) is 13.7. The zero-order valence-electron chi connectivity index (χ0n) is 12.0. The maximum atomic E-state index is 12.6. The molecule has 0 radical (unpaired) electrons. The third kappa shape index (κ3) is 2.24. The van der Waals surface area contributed by atoms with Crippen LogP contribution in [0.5, 0.6) is 0 Å². The van der Waals surface area contributed by atoms with E-state index in [1.54, 1.807) is 19.9 Å². The molecule has 110 valence electrons. The summed E-state index contributed by atoms with van der Waals surface area (Å²) in [4.78, 5) is 12.8. The Bertz CT molecular complexity index is 660. The molecule has 0 aromatic heterocycles. The number of sulfone groups is 1. The summed E-state index contributed by atoms with van der Waals surface area (Å²) < 4.78 is 29.2. The molecule has 1 aromatic carbocycles. The summed E-state index contributed by atoms with van der Waals surface area (Å²) in [6, 6.07) is 3.28. The highest BCUT2D eigenvalue weighted by atomic mass is 32.2. The van der Waals surface area contributed by atoms with Crippen LogP contribution in [0.3, 0.4) is 0 Å². The number of thioether (sulfide) groups is 1. The maximum Gasteiger partial charge on any atom is 0.338 e. The molecule has 1 aromatic rings. The molecule has 6 heteroatoms. The summed E-state index contributed by atoms with van der Waals surface area (Å²) in [7, 11) is -2.14. The third-order valence-electron chi connectivity index (χ3n) is 3.55. The van der Waals surface area contributed by atoms with Crippen molar-refractivity contribution < 1.29 is 17.9 Å². The van der Waals surface area contributed by atoms with Crippen LogP contribution < -0.4 is 0 Å². The number of hydrogen-bond donors (Lipinski definition) is 0.